The third kappa shape index (κ3) is 4.53. The van der Waals surface area contributed by atoms with Gasteiger partial charge in [-0.05, 0) is 26.2 Å². The van der Waals surface area contributed by atoms with Crippen LogP contribution in [0.5, 0.6) is 6.01 Å². The van der Waals surface area contributed by atoms with Gasteiger partial charge in [0.1, 0.15) is 11.5 Å². The van der Waals surface area contributed by atoms with E-state index in [2.05, 4.69) is 20.6 Å². The van der Waals surface area contributed by atoms with Crippen LogP contribution in [0.4, 0.5) is 5.82 Å². The lowest BCUT2D eigenvalue weighted by Gasteiger charge is -2.38. The zero-order valence-electron chi connectivity index (χ0n) is 17.2. The van der Waals surface area contributed by atoms with E-state index in [1.807, 2.05) is 11.8 Å². The maximum Gasteiger partial charge on any atom is 0.318 e. The number of anilines is 1. The lowest BCUT2D eigenvalue weighted by molar-refractivity contribution is -0.0533. The van der Waals surface area contributed by atoms with Crippen LogP contribution in [-0.2, 0) is 9.47 Å². The summed E-state index contributed by atoms with van der Waals surface area (Å²) in [5.74, 6) is 0.533. The lowest BCUT2D eigenvalue weighted by atomic mass is 9.99. The van der Waals surface area contributed by atoms with Crippen molar-refractivity contribution in [3.05, 3.63) is 11.3 Å². The molecule has 2 saturated heterocycles. The molecule has 1 amide bonds. The van der Waals surface area contributed by atoms with Crippen LogP contribution in [0.3, 0.4) is 0 Å². The highest BCUT2D eigenvalue weighted by atomic mass is 16.5. The van der Waals surface area contributed by atoms with E-state index in [9.17, 15) is 4.79 Å². The first kappa shape index (κ1) is 20.8. The molecule has 2 atom stereocenters. The molecule has 1 aromatic rings. The molecular weight excluding hydrogens is 362 g/mol. The molecule has 156 valence electrons. The monoisotopic (exact) mass is 393 g/mol. The molecule has 0 aromatic carbocycles. The first-order chi connectivity index (χ1) is 13.6. The number of aromatic nitrogens is 2. The van der Waals surface area contributed by atoms with E-state index in [0.717, 1.165) is 31.4 Å². The molecular formula is C19H31N5O4. The minimum atomic E-state index is -0.0750. The van der Waals surface area contributed by atoms with Gasteiger partial charge < -0.3 is 29.7 Å². The molecule has 0 spiro atoms. The minimum absolute atomic E-state index is 0.0750. The second-order valence-electron chi connectivity index (χ2n) is 7.26. The first-order valence-electron chi connectivity index (χ1n) is 9.83. The van der Waals surface area contributed by atoms with Crippen molar-refractivity contribution in [1.29, 1.82) is 0 Å². The zero-order chi connectivity index (χ0) is 20.1. The summed E-state index contributed by atoms with van der Waals surface area (Å²) in [7, 11) is 5.00. The smallest absolute Gasteiger partial charge is 0.318 e. The van der Waals surface area contributed by atoms with Crippen LogP contribution in [0.2, 0.25) is 0 Å². The Morgan fingerprint density at radius 2 is 1.96 bits per heavy atom. The summed E-state index contributed by atoms with van der Waals surface area (Å²) in [6, 6.07) is 0.872. The molecule has 0 radical (unpaired) electrons. The summed E-state index contributed by atoms with van der Waals surface area (Å²) < 4.78 is 16.2. The van der Waals surface area contributed by atoms with Gasteiger partial charge in [-0.25, -0.2) is 0 Å². The number of ether oxygens (including phenoxy) is 3. The number of likely N-dealkylation sites (tertiary alicyclic amines) is 1. The quantitative estimate of drug-likeness (QED) is 0.734. The van der Waals surface area contributed by atoms with Crippen molar-refractivity contribution in [3.8, 4) is 6.01 Å². The number of piperidine rings is 1. The van der Waals surface area contributed by atoms with E-state index < -0.39 is 0 Å². The van der Waals surface area contributed by atoms with Gasteiger partial charge in [0, 0.05) is 51.5 Å². The first-order valence-corrected chi connectivity index (χ1v) is 9.83. The second-order valence-corrected chi connectivity index (χ2v) is 7.26. The Bertz CT molecular complexity index is 679. The molecule has 2 aliphatic rings. The van der Waals surface area contributed by atoms with Crippen LogP contribution >= 0.6 is 0 Å². The van der Waals surface area contributed by atoms with Crippen molar-refractivity contribution < 1.29 is 19.0 Å². The predicted molar refractivity (Wildman–Crippen MR) is 105 cm³/mol. The average molecular weight is 393 g/mol. The zero-order valence-corrected chi connectivity index (χ0v) is 17.2. The Morgan fingerprint density at radius 3 is 2.61 bits per heavy atom. The van der Waals surface area contributed by atoms with Crippen molar-refractivity contribution in [1.82, 2.24) is 20.2 Å². The highest BCUT2D eigenvalue weighted by molar-refractivity contribution is 5.95. The van der Waals surface area contributed by atoms with Gasteiger partial charge in [0.15, 0.2) is 0 Å². The summed E-state index contributed by atoms with van der Waals surface area (Å²) in [5, 5.41) is 6.70. The summed E-state index contributed by atoms with van der Waals surface area (Å²) in [6.07, 6.45) is 2.84. The molecule has 9 heteroatoms. The number of hydrogen-bond donors (Lipinski definition) is 2. The summed E-state index contributed by atoms with van der Waals surface area (Å²) >= 11 is 0. The molecule has 3 rings (SSSR count). The molecule has 2 N–H and O–H groups in total. The van der Waals surface area contributed by atoms with Crippen LogP contribution in [0, 0.1) is 6.92 Å². The van der Waals surface area contributed by atoms with E-state index in [1.54, 1.807) is 14.2 Å². The van der Waals surface area contributed by atoms with Gasteiger partial charge in [-0.2, -0.15) is 9.97 Å². The van der Waals surface area contributed by atoms with Crippen molar-refractivity contribution in [2.24, 2.45) is 0 Å². The predicted octanol–water partition coefficient (Wildman–Crippen LogP) is 0.833. The number of carbonyl (C=O) groups is 1. The fraction of sp³-hybridized carbons (Fsp3) is 0.737. The molecule has 9 nitrogen and oxygen atoms in total. The largest absolute Gasteiger partial charge is 0.467 e. The molecule has 1 aromatic heterocycles. The Kier molecular flexibility index (Phi) is 7.03. The number of hydrogen-bond acceptors (Lipinski definition) is 8. The van der Waals surface area contributed by atoms with Gasteiger partial charge in [0.25, 0.3) is 5.91 Å². The number of nitrogens with one attached hydrogen (secondary N) is 2. The van der Waals surface area contributed by atoms with E-state index in [0.29, 0.717) is 43.3 Å². The maximum absolute atomic E-state index is 13.0. The molecule has 0 aliphatic carbocycles. The number of amides is 1. The molecule has 28 heavy (non-hydrogen) atoms. The Balaban J connectivity index is 1.61. The Labute approximate surface area is 166 Å². The average Bonchev–Trinajstić information content (AvgIpc) is 2.74. The number of methoxy groups -OCH3 is 2. The van der Waals surface area contributed by atoms with Crippen molar-refractivity contribution in [2.75, 3.05) is 52.9 Å². The SMILES string of the molecule is CNc1nc(OC)nc(C(=O)N2CCC(N[C@H]3CCOC[C@H]3OC)CC2)c1C. The van der Waals surface area contributed by atoms with Crippen molar-refractivity contribution in [2.45, 2.75) is 44.4 Å². The van der Waals surface area contributed by atoms with Gasteiger partial charge in [-0.3, -0.25) is 4.79 Å². The Morgan fingerprint density at radius 1 is 1.21 bits per heavy atom. The van der Waals surface area contributed by atoms with Crippen LogP contribution in [0.15, 0.2) is 0 Å². The third-order valence-electron chi connectivity index (χ3n) is 5.59. The standard InChI is InChI=1S/C19H31N5O4/c1-12-16(22-19(27-4)23-17(12)20-2)18(25)24-8-5-13(6-9-24)21-14-7-10-28-11-15(14)26-3/h13-15,21H,5-11H2,1-4H3,(H,20,22,23)/t14-,15+/m0/s1. The normalized spacial score (nSPS) is 23.5. The van der Waals surface area contributed by atoms with Crippen molar-refractivity contribution >= 4 is 11.7 Å². The molecule has 0 bridgehead atoms. The van der Waals surface area contributed by atoms with Crippen LogP contribution in [0.1, 0.15) is 35.3 Å². The van der Waals surface area contributed by atoms with Gasteiger partial charge in [0.05, 0.1) is 19.8 Å². The maximum atomic E-state index is 13.0. The van der Waals surface area contributed by atoms with Crippen LogP contribution in [0.25, 0.3) is 0 Å². The molecule has 3 heterocycles. The molecule has 0 unspecified atom stereocenters. The van der Waals surface area contributed by atoms with E-state index in [-0.39, 0.29) is 18.0 Å². The topological polar surface area (TPSA) is 97.8 Å². The summed E-state index contributed by atoms with van der Waals surface area (Å²) in [5.41, 5.74) is 1.13. The van der Waals surface area contributed by atoms with Gasteiger partial charge in [-0.1, -0.05) is 0 Å². The van der Waals surface area contributed by atoms with E-state index >= 15 is 0 Å². The highest BCUT2D eigenvalue weighted by Gasteiger charge is 2.31. The van der Waals surface area contributed by atoms with Crippen molar-refractivity contribution in [3.63, 3.8) is 0 Å². The highest BCUT2D eigenvalue weighted by Crippen LogP contribution is 2.22. The number of rotatable bonds is 6. The summed E-state index contributed by atoms with van der Waals surface area (Å²) in [6.45, 7) is 4.63. The molecule has 0 saturated carbocycles. The second kappa shape index (κ2) is 9.49. The van der Waals surface area contributed by atoms with Crippen LogP contribution < -0.4 is 15.4 Å². The Hall–Kier alpha value is -1.97. The molecule has 2 fully saturated rings. The number of carbonyl (C=O) groups excluding carboxylic acids is 1. The lowest BCUT2D eigenvalue weighted by Crippen LogP contribution is -2.54. The van der Waals surface area contributed by atoms with Gasteiger partial charge in [0.2, 0.25) is 0 Å². The molecule has 2 aliphatic heterocycles. The fourth-order valence-electron chi connectivity index (χ4n) is 3.88. The van der Waals surface area contributed by atoms with E-state index in [1.165, 1.54) is 7.11 Å². The number of nitrogens with zero attached hydrogens (tertiary/aromatic N) is 3. The summed E-state index contributed by atoms with van der Waals surface area (Å²) in [4.78, 5) is 23.5. The third-order valence-corrected chi connectivity index (χ3v) is 5.59. The van der Waals surface area contributed by atoms with Gasteiger partial charge in [-0.15, -0.1) is 0 Å². The van der Waals surface area contributed by atoms with Gasteiger partial charge >= 0.3 is 6.01 Å². The van der Waals surface area contributed by atoms with Crippen LogP contribution in [-0.4, -0.2) is 86.5 Å². The van der Waals surface area contributed by atoms with E-state index in [4.69, 9.17) is 14.2 Å². The minimum Gasteiger partial charge on any atom is -0.467 e. The fourth-order valence-corrected chi connectivity index (χ4v) is 3.88.